The Morgan fingerprint density at radius 3 is 2.38 bits per heavy atom. The summed E-state index contributed by atoms with van der Waals surface area (Å²) in [4.78, 5) is 103. The molecule has 3 heterocycles. The van der Waals surface area contributed by atoms with Crippen LogP contribution in [0.15, 0.2) is 12.7 Å². The number of thioether (sulfide) groups is 1. The van der Waals surface area contributed by atoms with Gasteiger partial charge in [-0.15, -0.1) is 0 Å². The normalized spacial score (nSPS) is 22.4. The molecule has 0 aromatic carbocycles. The number of amides is 2. The van der Waals surface area contributed by atoms with Gasteiger partial charge in [0.25, 0.3) is 23.5 Å². The summed E-state index contributed by atoms with van der Waals surface area (Å²) in [6.45, 7) is -0.217. The fraction of sp³-hybridized carbons (Fsp3) is 0.625. The summed E-state index contributed by atoms with van der Waals surface area (Å²) < 4.78 is 60.5. The van der Waals surface area contributed by atoms with E-state index in [9.17, 15) is 62.7 Å². The summed E-state index contributed by atoms with van der Waals surface area (Å²) in [6.07, 6.45) is -8.26. The number of aromatic nitrogens is 4. The first-order valence-corrected chi connectivity index (χ1v) is 20.5. The van der Waals surface area contributed by atoms with Crippen molar-refractivity contribution in [1.29, 1.82) is 0 Å². The van der Waals surface area contributed by atoms with Gasteiger partial charge in [-0.05, 0) is 0 Å². The number of fused-ring (bicyclic) bond motifs is 1. The Labute approximate surface area is 326 Å². The molecule has 8 atom stereocenters. The Kier molecular flexibility index (Phi) is 18.1. The van der Waals surface area contributed by atoms with Gasteiger partial charge in [0.05, 0.1) is 19.5 Å². The van der Waals surface area contributed by atoms with Gasteiger partial charge in [-0.1, -0.05) is 25.6 Å². The number of nitrogens with one attached hydrogen (secondary N) is 2. The first-order valence-electron chi connectivity index (χ1n) is 15.1. The van der Waals surface area contributed by atoms with Crippen molar-refractivity contribution in [2.45, 2.75) is 57.3 Å². The molecule has 8 N–H and O–H groups in total. The van der Waals surface area contributed by atoms with E-state index >= 15 is 0 Å². The number of hydrogen-bond donors (Lipinski definition) is 7. The Morgan fingerprint density at radius 1 is 1.09 bits per heavy atom. The summed E-state index contributed by atoms with van der Waals surface area (Å²) in [5.74, 6) is -2.89. The van der Waals surface area contributed by atoms with Crippen LogP contribution in [0, 0.1) is 5.41 Å². The van der Waals surface area contributed by atoms with Crippen molar-refractivity contribution >= 4 is 75.1 Å². The number of imidazole rings is 1. The van der Waals surface area contributed by atoms with Gasteiger partial charge < -0.3 is 69.6 Å². The Morgan fingerprint density at radius 2 is 1.75 bits per heavy atom. The maximum absolute atomic E-state index is 12.5. The molecule has 0 saturated carbocycles. The molecule has 0 aliphatic carbocycles. The molecule has 31 heteroatoms. The number of phosphoric acid groups is 3. The molecule has 8 unspecified atom stereocenters. The second-order valence-corrected chi connectivity index (χ2v) is 17.1. The third kappa shape index (κ3) is 15.1. The fourth-order valence-electron chi connectivity index (χ4n) is 4.45. The number of aliphatic carboxylic acids is 1. The van der Waals surface area contributed by atoms with Gasteiger partial charge in [0.1, 0.15) is 42.7 Å². The van der Waals surface area contributed by atoms with Gasteiger partial charge >= 0.3 is 24.8 Å². The molecule has 26 nitrogen and oxygen atoms in total. The van der Waals surface area contributed by atoms with Crippen LogP contribution in [-0.2, 0) is 55.5 Å². The van der Waals surface area contributed by atoms with Gasteiger partial charge in [0.15, 0.2) is 22.8 Å². The van der Waals surface area contributed by atoms with Crippen LogP contribution in [0.2, 0.25) is 0 Å². The minimum absolute atomic E-state index is 0. The third-order valence-corrected chi connectivity index (χ3v) is 10.9. The van der Waals surface area contributed by atoms with E-state index < -0.39 is 102 Å². The standard InChI is InChI=1S/C24H38N7O19P3S.Li/c1-24(2,19(37)22(38)27-4-3-13(32)26-5-6-54-15(35)7-14(33)34)9-47-53(44,45)50-52(42,43)46-8-12-18(49-51(39,40)41)17(36)23(48-12)31-11-30-16-20(25)28-10-29-21(16)31;/h10-12,17-19,23,36-37H,3-9H2,1-2H3,(H,26,32)(H,27,38)(H,33,34)(H,42,43)(H,44,45)(H2,25,28,29)(H2,39,40,41);/q;+1/p-3. The second kappa shape index (κ2) is 20.4. The van der Waals surface area contributed by atoms with Gasteiger partial charge in [-0.2, -0.15) is 0 Å². The van der Waals surface area contributed by atoms with E-state index in [1.165, 1.54) is 13.8 Å². The molecular weight excluding hydrogens is 822 g/mol. The molecule has 2 aromatic rings. The molecule has 2 amide bonds. The zero-order chi connectivity index (χ0) is 40.6. The quantitative estimate of drug-likeness (QED) is 0.0265. The molecule has 1 aliphatic heterocycles. The third-order valence-electron chi connectivity index (χ3n) is 7.04. The molecule has 55 heavy (non-hydrogen) atoms. The van der Waals surface area contributed by atoms with Crippen LogP contribution in [0.4, 0.5) is 5.82 Å². The van der Waals surface area contributed by atoms with Gasteiger partial charge in [0, 0.05) is 30.7 Å². The first kappa shape index (κ1) is 48.8. The summed E-state index contributed by atoms with van der Waals surface area (Å²) in [5.41, 5.74) is 4.04. The summed E-state index contributed by atoms with van der Waals surface area (Å²) in [6, 6.07) is 0. The summed E-state index contributed by atoms with van der Waals surface area (Å²) in [5, 5.41) is 33.9. The average molecular weight is 858 g/mol. The van der Waals surface area contributed by atoms with E-state index in [2.05, 4.69) is 43.5 Å². The Hall–Kier alpha value is -2.37. The topological polar surface area (TPSA) is 409 Å². The maximum Gasteiger partial charge on any atom is 1.00 e. The molecular formula is C24H35LiN7O19P3S-2. The first-order chi connectivity index (χ1) is 24.9. The molecule has 2 aromatic heterocycles. The molecule has 3 rings (SSSR count). The van der Waals surface area contributed by atoms with Crippen LogP contribution in [0.25, 0.3) is 11.2 Å². The molecule has 0 spiro atoms. The zero-order valence-electron chi connectivity index (χ0n) is 29.0. The monoisotopic (exact) mass is 857 g/mol. The number of carboxylic acids is 1. The van der Waals surface area contributed by atoms with E-state index in [1.807, 2.05) is 0 Å². The van der Waals surface area contributed by atoms with Crippen LogP contribution >= 0.6 is 35.2 Å². The summed E-state index contributed by atoms with van der Waals surface area (Å²) in [7, 11) is -17.4. The number of ether oxygens (including phenoxy) is 1. The predicted molar refractivity (Wildman–Crippen MR) is 173 cm³/mol. The van der Waals surface area contributed by atoms with E-state index in [4.69, 9.17) is 15.6 Å². The largest absolute Gasteiger partial charge is 1.00 e. The van der Waals surface area contributed by atoms with Crippen molar-refractivity contribution in [3.8, 4) is 0 Å². The molecule has 304 valence electrons. The van der Waals surface area contributed by atoms with Gasteiger partial charge in [0.2, 0.25) is 11.8 Å². The number of carboxylic acid groups (broad SMARTS) is 1. The molecule has 0 bridgehead atoms. The minimum Gasteiger partial charge on any atom is -0.756 e. The van der Waals surface area contributed by atoms with Gasteiger partial charge in [-0.25, -0.2) is 19.3 Å². The number of nitrogens with zero attached hydrogens (tertiary/aromatic N) is 4. The number of phosphoric ester groups is 3. The predicted octanol–water partition coefficient (Wildman–Crippen LogP) is -6.75. The van der Waals surface area contributed by atoms with Crippen LogP contribution < -0.4 is 49.9 Å². The number of carbonyl (C=O) groups is 4. The van der Waals surface area contributed by atoms with E-state index in [0.29, 0.717) is 11.8 Å². The number of nitrogen functional groups attached to an aromatic ring is 1. The van der Waals surface area contributed by atoms with Crippen molar-refractivity contribution in [3.63, 3.8) is 0 Å². The smallest absolute Gasteiger partial charge is 0.756 e. The molecule has 1 aliphatic rings. The number of aliphatic hydroxyl groups is 2. The molecule has 1 fully saturated rings. The van der Waals surface area contributed by atoms with Gasteiger partial charge in [-0.3, -0.25) is 37.4 Å². The van der Waals surface area contributed by atoms with Crippen LogP contribution in [0.3, 0.4) is 0 Å². The second-order valence-electron chi connectivity index (χ2n) is 11.8. The number of carbonyl (C=O) groups excluding carboxylic acids is 3. The van der Waals surface area contributed by atoms with Crippen molar-refractivity contribution in [2.24, 2.45) is 5.41 Å². The van der Waals surface area contributed by atoms with Crippen LogP contribution in [-0.4, -0.2) is 119 Å². The van der Waals surface area contributed by atoms with E-state index in [0.717, 1.165) is 17.2 Å². The van der Waals surface area contributed by atoms with Crippen molar-refractivity contribution in [3.05, 3.63) is 12.7 Å². The van der Waals surface area contributed by atoms with Crippen molar-refractivity contribution in [1.82, 2.24) is 30.2 Å². The SMILES string of the molecule is CC(C)(COP(=O)([O-])OP(=O)([O-])OCC1OC(n2cnc3c(N)ncnc32)C(O)C1OP(=O)([O-])O)C(O)C(=O)NCCC(=O)NCCSC(=O)CC(=O)O.[Li+]. The van der Waals surface area contributed by atoms with Crippen molar-refractivity contribution < 1.29 is 109 Å². The Bertz CT molecular complexity index is 1840. The molecule has 0 radical (unpaired) electrons. The van der Waals surface area contributed by atoms with E-state index in [-0.39, 0.29) is 61.1 Å². The minimum atomic E-state index is -5.91. The number of hydrogen-bond acceptors (Lipinski definition) is 22. The average Bonchev–Trinajstić information content (AvgIpc) is 3.60. The van der Waals surface area contributed by atoms with Crippen molar-refractivity contribution in [2.75, 3.05) is 37.8 Å². The molecule has 1 saturated heterocycles. The number of anilines is 1. The van der Waals surface area contributed by atoms with Crippen LogP contribution in [0.5, 0.6) is 0 Å². The summed E-state index contributed by atoms with van der Waals surface area (Å²) >= 11 is 0.708. The van der Waals surface area contributed by atoms with E-state index in [1.54, 1.807) is 0 Å². The zero-order valence-corrected chi connectivity index (χ0v) is 32.5. The fourth-order valence-corrected chi connectivity index (χ4v) is 7.85. The Balaban J connectivity index is 0.0000105. The number of rotatable bonds is 21. The van der Waals surface area contributed by atoms with Crippen LogP contribution in [0.1, 0.15) is 32.9 Å². The maximum atomic E-state index is 12.5. The number of nitrogens with two attached hydrogens (primary N) is 1. The number of aliphatic hydroxyl groups excluding tert-OH is 2.